The summed E-state index contributed by atoms with van der Waals surface area (Å²) in [4.78, 5) is 14.6. The fraction of sp³-hybridized carbons (Fsp3) is 0.143. The summed E-state index contributed by atoms with van der Waals surface area (Å²) in [5, 5.41) is 25.8. The van der Waals surface area contributed by atoms with Crippen LogP contribution in [-0.4, -0.2) is 17.0 Å². The molecule has 0 unspecified atom stereocenters. The molecule has 0 fully saturated rings. The summed E-state index contributed by atoms with van der Waals surface area (Å²) in [5.41, 5.74) is 1.79. The maximum atomic E-state index is 10.9. The van der Waals surface area contributed by atoms with Gasteiger partial charge >= 0.3 is 0 Å². The number of aromatic nitrogens is 1. The predicted octanol–water partition coefficient (Wildman–Crippen LogP) is 2.96. The van der Waals surface area contributed by atoms with Gasteiger partial charge in [0.1, 0.15) is 17.7 Å². The van der Waals surface area contributed by atoms with Crippen LogP contribution in [0.5, 0.6) is 0 Å². The number of hydrogen-bond donors (Lipinski definition) is 2. The topological polar surface area (TPSA) is 104 Å². The second-order valence-corrected chi connectivity index (χ2v) is 4.34. The largest absolute Gasteiger partial charge is 0.373 e. The van der Waals surface area contributed by atoms with E-state index in [2.05, 4.69) is 21.7 Å². The maximum absolute atomic E-state index is 10.9. The molecule has 2 N–H and O–H groups in total. The Bertz CT molecular complexity index is 737. The van der Waals surface area contributed by atoms with Gasteiger partial charge in [-0.2, -0.15) is 5.26 Å². The molecule has 0 saturated heterocycles. The van der Waals surface area contributed by atoms with E-state index in [4.69, 9.17) is 0 Å². The molecule has 0 aliphatic carbocycles. The number of pyridine rings is 1. The van der Waals surface area contributed by atoms with Crippen molar-refractivity contribution in [3.8, 4) is 6.07 Å². The van der Waals surface area contributed by atoms with Gasteiger partial charge in [0.2, 0.25) is 0 Å². The fourth-order valence-electron chi connectivity index (χ4n) is 1.87. The molecule has 0 spiro atoms. The van der Waals surface area contributed by atoms with Crippen LogP contribution in [0.1, 0.15) is 11.1 Å². The Labute approximate surface area is 121 Å². The molecule has 1 aromatic heterocycles. The van der Waals surface area contributed by atoms with Crippen LogP contribution >= 0.6 is 0 Å². The molecular weight excluding hydrogens is 270 g/mol. The summed E-state index contributed by atoms with van der Waals surface area (Å²) in [6.45, 7) is 1.82. The summed E-state index contributed by atoms with van der Waals surface area (Å²) < 4.78 is 0. The van der Waals surface area contributed by atoms with Crippen LogP contribution in [-0.2, 0) is 0 Å². The van der Waals surface area contributed by atoms with E-state index >= 15 is 0 Å². The summed E-state index contributed by atoms with van der Waals surface area (Å²) in [6, 6.07) is 10.1. The van der Waals surface area contributed by atoms with E-state index in [9.17, 15) is 15.4 Å². The highest BCUT2D eigenvalue weighted by atomic mass is 16.6. The first-order valence-corrected chi connectivity index (χ1v) is 6.16. The van der Waals surface area contributed by atoms with Crippen molar-refractivity contribution in [3.05, 3.63) is 51.6 Å². The highest BCUT2D eigenvalue weighted by Crippen LogP contribution is 2.26. The van der Waals surface area contributed by atoms with Gasteiger partial charge in [-0.1, -0.05) is 12.1 Å². The van der Waals surface area contributed by atoms with Crippen LogP contribution in [0.15, 0.2) is 30.3 Å². The van der Waals surface area contributed by atoms with Crippen molar-refractivity contribution in [2.75, 3.05) is 17.7 Å². The van der Waals surface area contributed by atoms with Crippen LogP contribution in [0.2, 0.25) is 0 Å². The van der Waals surface area contributed by atoms with Crippen molar-refractivity contribution >= 4 is 23.0 Å². The third-order valence-corrected chi connectivity index (χ3v) is 2.92. The molecule has 0 aliphatic heterocycles. The SMILES string of the molecule is CNc1cc([N+](=O)[O-])cc(Nc2cccc(C)c2C#N)n1. The van der Waals surface area contributed by atoms with E-state index in [1.54, 1.807) is 19.2 Å². The second-order valence-electron chi connectivity index (χ2n) is 4.34. The summed E-state index contributed by atoms with van der Waals surface area (Å²) >= 11 is 0. The lowest BCUT2D eigenvalue weighted by Crippen LogP contribution is -2.02. The Balaban J connectivity index is 2.45. The highest BCUT2D eigenvalue weighted by molar-refractivity contribution is 5.68. The molecule has 1 heterocycles. The minimum absolute atomic E-state index is 0.0805. The van der Waals surface area contributed by atoms with E-state index in [1.165, 1.54) is 12.1 Å². The van der Waals surface area contributed by atoms with Crippen molar-refractivity contribution in [2.45, 2.75) is 6.92 Å². The third kappa shape index (κ3) is 3.06. The van der Waals surface area contributed by atoms with E-state index in [0.29, 0.717) is 22.9 Å². The molecule has 0 aliphatic rings. The zero-order valence-corrected chi connectivity index (χ0v) is 11.5. The minimum atomic E-state index is -0.491. The van der Waals surface area contributed by atoms with Crippen molar-refractivity contribution in [3.63, 3.8) is 0 Å². The highest BCUT2D eigenvalue weighted by Gasteiger charge is 2.12. The average molecular weight is 283 g/mol. The number of aryl methyl sites for hydroxylation is 1. The molecule has 1 aromatic carbocycles. The summed E-state index contributed by atoms with van der Waals surface area (Å²) in [7, 11) is 1.63. The molecule has 21 heavy (non-hydrogen) atoms. The van der Waals surface area contributed by atoms with Crippen molar-refractivity contribution in [1.29, 1.82) is 5.26 Å². The normalized spacial score (nSPS) is 9.76. The number of hydrogen-bond acceptors (Lipinski definition) is 6. The Kier molecular flexibility index (Phi) is 4.00. The zero-order valence-electron chi connectivity index (χ0n) is 11.5. The second kappa shape index (κ2) is 5.88. The van der Waals surface area contributed by atoms with Gasteiger partial charge < -0.3 is 10.6 Å². The average Bonchev–Trinajstić information content (AvgIpc) is 2.47. The van der Waals surface area contributed by atoms with Gasteiger partial charge in [-0.25, -0.2) is 4.98 Å². The number of anilines is 3. The lowest BCUT2D eigenvalue weighted by molar-refractivity contribution is -0.384. The van der Waals surface area contributed by atoms with Gasteiger partial charge in [0.15, 0.2) is 0 Å². The molecule has 0 radical (unpaired) electrons. The van der Waals surface area contributed by atoms with Gasteiger partial charge in [0, 0.05) is 7.05 Å². The Hall–Kier alpha value is -3.14. The molecule has 0 atom stereocenters. The maximum Gasteiger partial charge on any atom is 0.276 e. The molecule has 0 saturated carbocycles. The fourth-order valence-corrected chi connectivity index (χ4v) is 1.87. The van der Waals surface area contributed by atoms with Crippen LogP contribution in [0, 0.1) is 28.4 Å². The standard InChI is InChI=1S/C14H13N5O2/c1-9-4-3-5-12(11(9)8-15)17-14-7-10(19(20)21)6-13(16-2)18-14/h3-7H,1-2H3,(H2,16,17,18). The van der Waals surface area contributed by atoms with Crippen LogP contribution in [0.25, 0.3) is 0 Å². The van der Waals surface area contributed by atoms with Crippen LogP contribution < -0.4 is 10.6 Å². The van der Waals surface area contributed by atoms with Crippen LogP contribution in [0.4, 0.5) is 23.0 Å². The van der Waals surface area contributed by atoms with Crippen molar-refractivity contribution in [1.82, 2.24) is 4.98 Å². The Morgan fingerprint density at radius 1 is 1.33 bits per heavy atom. The first kappa shape index (κ1) is 14.3. The smallest absolute Gasteiger partial charge is 0.276 e. The monoisotopic (exact) mass is 283 g/mol. The van der Waals surface area contributed by atoms with E-state index in [0.717, 1.165) is 5.56 Å². The van der Waals surface area contributed by atoms with E-state index in [-0.39, 0.29) is 5.69 Å². The van der Waals surface area contributed by atoms with Crippen molar-refractivity contribution in [2.24, 2.45) is 0 Å². The Morgan fingerprint density at radius 2 is 2.05 bits per heavy atom. The van der Waals surface area contributed by atoms with Crippen molar-refractivity contribution < 1.29 is 4.92 Å². The quantitative estimate of drug-likeness (QED) is 0.660. The van der Waals surface area contributed by atoms with Gasteiger partial charge in [-0.3, -0.25) is 10.1 Å². The first-order valence-electron chi connectivity index (χ1n) is 6.16. The lowest BCUT2D eigenvalue weighted by atomic mass is 10.1. The van der Waals surface area contributed by atoms with E-state index in [1.807, 2.05) is 13.0 Å². The number of benzene rings is 1. The minimum Gasteiger partial charge on any atom is -0.373 e. The molecule has 7 heteroatoms. The predicted molar refractivity (Wildman–Crippen MR) is 79.6 cm³/mol. The van der Waals surface area contributed by atoms with Gasteiger partial charge in [-0.05, 0) is 18.6 Å². The van der Waals surface area contributed by atoms with Crippen LogP contribution in [0.3, 0.4) is 0 Å². The molecule has 106 valence electrons. The number of nitro groups is 1. The van der Waals surface area contributed by atoms with Gasteiger partial charge in [-0.15, -0.1) is 0 Å². The van der Waals surface area contributed by atoms with Gasteiger partial charge in [0.05, 0.1) is 28.3 Å². The van der Waals surface area contributed by atoms with Gasteiger partial charge in [0.25, 0.3) is 5.69 Å². The lowest BCUT2D eigenvalue weighted by Gasteiger charge is -2.10. The number of nitriles is 1. The number of nitrogens with one attached hydrogen (secondary N) is 2. The zero-order chi connectivity index (χ0) is 15.4. The molecule has 2 aromatic rings. The molecular formula is C14H13N5O2. The summed E-state index contributed by atoms with van der Waals surface area (Å²) in [6.07, 6.45) is 0. The number of rotatable bonds is 4. The molecule has 7 nitrogen and oxygen atoms in total. The molecule has 0 bridgehead atoms. The number of nitrogens with zero attached hydrogens (tertiary/aromatic N) is 3. The first-order chi connectivity index (χ1) is 10.0. The molecule has 2 rings (SSSR count). The Morgan fingerprint density at radius 3 is 2.67 bits per heavy atom. The summed E-state index contributed by atoms with van der Waals surface area (Å²) in [5.74, 6) is 0.675. The van der Waals surface area contributed by atoms with E-state index < -0.39 is 4.92 Å². The third-order valence-electron chi connectivity index (χ3n) is 2.92. The molecule has 0 amide bonds.